The normalized spacial score (nSPS) is 15.8. The van der Waals surface area contributed by atoms with Crippen LogP contribution in [0.25, 0.3) is 0 Å². The van der Waals surface area contributed by atoms with Crippen LogP contribution in [0.1, 0.15) is 6.92 Å². The Morgan fingerprint density at radius 3 is 2.45 bits per heavy atom. The summed E-state index contributed by atoms with van der Waals surface area (Å²) in [5, 5.41) is 14.0. The van der Waals surface area contributed by atoms with Crippen LogP contribution in [0.5, 0.6) is 0 Å². The van der Waals surface area contributed by atoms with Crippen molar-refractivity contribution in [3.63, 3.8) is 0 Å². The number of piperazine rings is 1. The van der Waals surface area contributed by atoms with Crippen LogP contribution in [0, 0.1) is 10.1 Å². The van der Waals surface area contributed by atoms with E-state index in [2.05, 4.69) is 22.2 Å². The number of nitrogens with one attached hydrogen (secondary N) is 1. The summed E-state index contributed by atoms with van der Waals surface area (Å²) in [5.41, 5.74) is 1.69. The SMILES string of the molecule is CC(Sc1ccc([N+](=O)[O-])cc1)C(=O)Nc1cc(Cl)ccc1N1CCN(C)CC1. The zero-order valence-electron chi connectivity index (χ0n) is 16.3. The monoisotopic (exact) mass is 434 g/mol. The molecule has 7 nitrogen and oxygen atoms in total. The molecule has 1 amide bonds. The van der Waals surface area contributed by atoms with Crippen molar-refractivity contribution in [3.05, 3.63) is 57.6 Å². The predicted molar refractivity (Wildman–Crippen MR) is 118 cm³/mol. The number of nitro benzene ring substituents is 1. The molecule has 1 aliphatic heterocycles. The zero-order chi connectivity index (χ0) is 21.0. The van der Waals surface area contributed by atoms with E-state index in [1.807, 2.05) is 19.1 Å². The Morgan fingerprint density at radius 2 is 1.83 bits per heavy atom. The minimum atomic E-state index is -0.441. The van der Waals surface area contributed by atoms with Gasteiger partial charge in [0.15, 0.2) is 0 Å². The van der Waals surface area contributed by atoms with Crippen molar-refractivity contribution in [3.8, 4) is 0 Å². The first kappa shape index (κ1) is 21.4. The van der Waals surface area contributed by atoms with Crippen LogP contribution < -0.4 is 10.2 Å². The highest BCUT2D eigenvalue weighted by Crippen LogP contribution is 2.32. The molecule has 1 aliphatic rings. The van der Waals surface area contributed by atoms with E-state index in [0.717, 1.165) is 36.8 Å². The maximum Gasteiger partial charge on any atom is 0.269 e. The highest BCUT2D eigenvalue weighted by Gasteiger charge is 2.21. The van der Waals surface area contributed by atoms with Crippen LogP contribution in [-0.2, 0) is 4.79 Å². The second-order valence-corrected chi connectivity index (χ2v) is 8.80. The fourth-order valence-electron chi connectivity index (χ4n) is 3.07. The molecule has 1 atom stereocenters. The molecule has 0 bridgehead atoms. The maximum absolute atomic E-state index is 12.8. The summed E-state index contributed by atoms with van der Waals surface area (Å²) < 4.78 is 0. The molecular weight excluding hydrogens is 412 g/mol. The molecule has 29 heavy (non-hydrogen) atoms. The number of thioether (sulfide) groups is 1. The minimum Gasteiger partial charge on any atom is -0.367 e. The minimum absolute atomic E-state index is 0.0298. The number of hydrogen-bond donors (Lipinski definition) is 1. The number of hydrogen-bond acceptors (Lipinski definition) is 6. The lowest BCUT2D eigenvalue weighted by molar-refractivity contribution is -0.384. The van der Waals surface area contributed by atoms with E-state index in [1.54, 1.807) is 18.2 Å². The molecule has 0 aromatic heterocycles. The van der Waals surface area contributed by atoms with Gasteiger partial charge in [-0.25, -0.2) is 0 Å². The van der Waals surface area contributed by atoms with Crippen LogP contribution in [0.2, 0.25) is 5.02 Å². The van der Waals surface area contributed by atoms with Gasteiger partial charge in [0.25, 0.3) is 5.69 Å². The third-order valence-corrected chi connectivity index (χ3v) is 6.14. The van der Waals surface area contributed by atoms with Crippen molar-refractivity contribution in [1.29, 1.82) is 0 Å². The summed E-state index contributed by atoms with van der Waals surface area (Å²) in [6, 6.07) is 11.7. The lowest BCUT2D eigenvalue weighted by Crippen LogP contribution is -2.44. The summed E-state index contributed by atoms with van der Waals surface area (Å²) in [4.78, 5) is 28.4. The number of nitro groups is 1. The molecule has 3 rings (SSSR count). The van der Waals surface area contributed by atoms with Gasteiger partial charge in [-0.1, -0.05) is 11.6 Å². The van der Waals surface area contributed by atoms with Gasteiger partial charge >= 0.3 is 0 Å². The van der Waals surface area contributed by atoms with Crippen molar-refractivity contribution in [1.82, 2.24) is 4.90 Å². The van der Waals surface area contributed by atoms with E-state index in [-0.39, 0.29) is 16.8 Å². The average Bonchev–Trinajstić information content (AvgIpc) is 2.69. The number of likely N-dealkylation sites (N-methyl/N-ethyl adjacent to an activating group) is 1. The van der Waals surface area contributed by atoms with Gasteiger partial charge in [-0.2, -0.15) is 0 Å². The van der Waals surface area contributed by atoms with E-state index in [9.17, 15) is 14.9 Å². The van der Waals surface area contributed by atoms with Crippen molar-refractivity contribution in [2.75, 3.05) is 43.4 Å². The number of anilines is 2. The van der Waals surface area contributed by atoms with Gasteiger partial charge in [-0.05, 0) is 44.3 Å². The first-order valence-electron chi connectivity index (χ1n) is 9.28. The number of benzene rings is 2. The maximum atomic E-state index is 12.8. The van der Waals surface area contributed by atoms with Crippen LogP contribution in [-0.4, -0.2) is 54.2 Å². The molecule has 1 fully saturated rings. The fraction of sp³-hybridized carbons (Fsp3) is 0.350. The number of nitrogens with zero attached hydrogens (tertiary/aromatic N) is 3. The summed E-state index contributed by atoms with van der Waals surface area (Å²) in [6.45, 7) is 5.49. The van der Waals surface area contributed by atoms with Crippen LogP contribution >= 0.6 is 23.4 Å². The van der Waals surface area contributed by atoms with Gasteiger partial charge < -0.3 is 15.1 Å². The number of carbonyl (C=O) groups excluding carboxylic acids is 1. The predicted octanol–water partition coefficient (Wildman–Crippen LogP) is 4.12. The van der Waals surface area contributed by atoms with Crippen molar-refractivity contribution < 1.29 is 9.72 Å². The summed E-state index contributed by atoms with van der Waals surface area (Å²) in [6.07, 6.45) is 0. The summed E-state index contributed by atoms with van der Waals surface area (Å²) in [7, 11) is 2.10. The molecule has 2 aromatic carbocycles. The Morgan fingerprint density at radius 1 is 1.17 bits per heavy atom. The highest BCUT2D eigenvalue weighted by molar-refractivity contribution is 8.00. The van der Waals surface area contributed by atoms with E-state index in [1.165, 1.54) is 23.9 Å². The lowest BCUT2D eigenvalue weighted by atomic mass is 10.2. The molecule has 0 radical (unpaired) electrons. The third-order valence-electron chi connectivity index (χ3n) is 4.79. The molecule has 2 aromatic rings. The molecule has 0 aliphatic carbocycles. The Bertz CT molecular complexity index is 886. The Kier molecular flexibility index (Phi) is 7.00. The summed E-state index contributed by atoms with van der Waals surface area (Å²) in [5.74, 6) is -0.147. The number of halogens is 1. The van der Waals surface area contributed by atoms with Gasteiger partial charge in [0.05, 0.1) is 21.5 Å². The van der Waals surface area contributed by atoms with Crippen LogP contribution in [0.15, 0.2) is 47.4 Å². The lowest BCUT2D eigenvalue weighted by Gasteiger charge is -2.35. The highest BCUT2D eigenvalue weighted by atomic mass is 35.5. The molecule has 0 saturated carbocycles. The van der Waals surface area contributed by atoms with Crippen molar-refractivity contribution >= 4 is 46.3 Å². The topological polar surface area (TPSA) is 78.7 Å². The largest absolute Gasteiger partial charge is 0.367 e. The molecule has 1 N–H and O–H groups in total. The molecule has 1 saturated heterocycles. The molecular formula is C20H23ClN4O3S. The molecule has 9 heteroatoms. The molecule has 1 heterocycles. The van der Waals surface area contributed by atoms with E-state index < -0.39 is 4.92 Å². The number of amides is 1. The Labute approximate surface area is 179 Å². The quantitative estimate of drug-likeness (QED) is 0.418. The standard InChI is InChI=1S/C20H23ClN4O3S/c1-14(29-17-6-4-16(5-7-17)25(27)28)20(26)22-18-13-15(21)3-8-19(18)24-11-9-23(2)10-12-24/h3-8,13-14H,9-12H2,1-2H3,(H,22,26). The number of rotatable bonds is 6. The van der Waals surface area contributed by atoms with Crippen LogP contribution in [0.4, 0.5) is 17.1 Å². The van der Waals surface area contributed by atoms with Crippen LogP contribution in [0.3, 0.4) is 0 Å². The first-order valence-corrected chi connectivity index (χ1v) is 10.5. The molecule has 154 valence electrons. The van der Waals surface area contributed by atoms with Gasteiger partial charge in [-0.15, -0.1) is 11.8 Å². The third kappa shape index (κ3) is 5.62. The van der Waals surface area contributed by atoms with Gasteiger partial charge in [-0.3, -0.25) is 14.9 Å². The van der Waals surface area contributed by atoms with Gasteiger partial charge in [0.1, 0.15) is 0 Å². The number of non-ortho nitro benzene ring substituents is 1. The zero-order valence-corrected chi connectivity index (χ0v) is 17.9. The Hall–Kier alpha value is -2.29. The Balaban J connectivity index is 1.69. The second kappa shape index (κ2) is 9.47. The fourth-order valence-corrected chi connectivity index (χ4v) is 4.11. The van der Waals surface area contributed by atoms with Crippen molar-refractivity contribution in [2.24, 2.45) is 0 Å². The van der Waals surface area contributed by atoms with E-state index in [4.69, 9.17) is 11.6 Å². The number of carbonyl (C=O) groups is 1. The van der Waals surface area contributed by atoms with Gasteiger partial charge in [0.2, 0.25) is 5.91 Å². The van der Waals surface area contributed by atoms with E-state index >= 15 is 0 Å². The van der Waals surface area contributed by atoms with E-state index in [0.29, 0.717) is 10.7 Å². The summed E-state index contributed by atoms with van der Waals surface area (Å²) >= 11 is 7.52. The smallest absolute Gasteiger partial charge is 0.269 e. The second-order valence-electron chi connectivity index (χ2n) is 6.95. The average molecular weight is 435 g/mol. The molecule has 1 unspecified atom stereocenters. The van der Waals surface area contributed by atoms with Gasteiger partial charge in [0, 0.05) is 48.2 Å². The molecule has 0 spiro atoms. The van der Waals surface area contributed by atoms with Crippen molar-refractivity contribution in [2.45, 2.75) is 17.1 Å². The first-order chi connectivity index (χ1) is 13.8.